The third-order valence-corrected chi connectivity index (χ3v) is 4.45. The summed E-state index contributed by atoms with van der Waals surface area (Å²) in [5.41, 5.74) is 4.88. The molecule has 0 aliphatic heterocycles. The summed E-state index contributed by atoms with van der Waals surface area (Å²) in [4.78, 5) is 12.4. The summed E-state index contributed by atoms with van der Waals surface area (Å²) in [6.45, 7) is 2.08. The second-order valence-electron chi connectivity index (χ2n) is 6.24. The molecule has 0 aromatic heterocycles. The highest BCUT2D eigenvalue weighted by Crippen LogP contribution is 2.22. The van der Waals surface area contributed by atoms with Crippen molar-refractivity contribution in [3.63, 3.8) is 0 Å². The highest BCUT2D eigenvalue weighted by atomic mass is 16.1. The Kier molecular flexibility index (Phi) is 4.57. The summed E-state index contributed by atoms with van der Waals surface area (Å²) in [6.07, 6.45) is 5.44. The molecule has 1 aliphatic carbocycles. The van der Waals surface area contributed by atoms with Crippen LogP contribution in [0.3, 0.4) is 0 Å². The van der Waals surface area contributed by atoms with Crippen LogP contribution < -0.4 is 5.32 Å². The van der Waals surface area contributed by atoms with Crippen molar-refractivity contribution in [1.29, 1.82) is 0 Å². The van der Waals surface area contributed by atoms with Crippen molar-refractivity contribution in [3.8, 4) is 0 Å². The van der Waals surface area contributed by atoms with E-state index in [9.17, 15) is 4.79 Å². The van der Waals surface area contributed by atoms with Gasteiger partial charge in [0, 0.05) is 11.6 Å². The fourth-order valence-electron chi connectivity index (χ4n) is 3.12. The maximum atomic E-state index is 12.4. The van der Waals surface area contributed by atoms with Crippen LogP contribution in [0.25, 0.3) is 0 Å². The molecule has 1 unspecified atom stereocenters. The van der Waals surface area contributed by atoms with Gasteiger partial charge < -0.3 is 5.32 Å². The number of amides is 1. The maximum Gasteiger partial charge on any atom is 0.251 e. The Bertz CT molecular complexity index is 648. The Morgan fingerprint density at radius 2 is 1.86 bits per heavy atom. The van der Waals surface area contributed by atoms with Gasteiger partial charge in [-0.15, -0.1) is 0 Å². The Hall–Kier alpha value is -2.09. The van der Waals surface area contributed by atoms with Gasteiger partial charge in [0.25, 0.3) is 5.91 Å². The summed E-state index contributed by atoms with van der Waals surface area (Å²) in [6, 6.07) is 16.7. The molecule has 2 aromatic rings. The third-order valence-electron chi connectivity index (χ3n) is 4.45. The molecule has 0 heterocycles. The first-order valence-electron chi connectivity index (χ1n) is 8.19. The molecule has 0 saturated carbocycles. The number of hydrogen-bond acceptors (Lipinski definition) is 1. The van der Waals surface area contributed by atoms with Crippen LogP contribution in [0.5, 0.6) is 0 Å². The van der Waals surface area contributed by atoms with Gasteiger partial charge in [-0.25, -0.2) is 0 Å². The lowest BCUT2D eigenvalue weighted by atomic mass is 10.0. The number of nitrogens with one attached hydrogen (secondary N) is 1. The zero-order valence-corrected chi connectivity index (χ0v) is 13.1. The number of benzene rings is 2. The summed E-state index contributed by atoms with van der Waals surface area (Å²) >= 11 is 0. The van der Waals surface area contributed by atoms with E-state index >= 15 is 0 Å². The zero-order chi connectivity index (χ0) is 15.4. The molecule has 1 N–H and O–H groups in total. The molecule has 0 bridgehead atoms. The van der Waals surface area contributed by atoms with Gasteiger partial charge in [-0.2, -0.15) is 0 Å². The third kappa shape index (κ3) is 3.56. The second kappa shape index (κ2) is 6.78. The van der Waals surface area contributed by atoms with Gasteiger partial charge >= 0.3 is 0 Å². The van der Waals surface area contributed by atoms with Crippen molar-refractivity contribution >= 4 is 5.91 Å². The van der Waals surface area contributed by atoms with Crippen molar-refractivity contribution in [1.82, 2.24) is 5.32 Å². The monoisotopic (exact) mass is 293 g/mol. The maximum absolute atomic E-state index is 12.4. The smallest absolute Gasteiger partial charge is 0.251 e. The van der Waals surface area contributed by atoms with Crippen molar-refractivity contribution in [3.05, 3.63) is 70.8 Å². The van der Waals surface area contributed by atoms with Crippen molar-refractivity contribution in [2.75, 3.05) is 0 Å². The van der Waals surface area contributed by atoms with Crippen molar-refractivity contribution < 1.29 is 4.79 Å². The molecule has 1 aliphatic rings. The minimum Gasteiger partial charge on any atom is -0.350 e. The minimum atomic E-state index is 0.0512. The Labute approximate surface area is 132 Å². The van der Waals surface area contributed by atoms with Crippen molar-refractivity contribution in [2.45, 2.75) is 45.1 Å². The zero-order valence-electron chi connectivity index (χ0n) is 13.1. The van der Waals surface area contributed by atoms with Crippen LogP contribution in [0, 0.1) is 0 Å². The molecule has 2 aromatic carbocycles. The van der Waals surface area contributed by atoms with Gasteiger partial charge in [0.1, 0.15) is 0 Å². The number of carbonyl (C=O) groups is 1. The molecule has 22 heavy (non-hydrogen) atoms. The number of hydrogen-bond donors (Lipinski definition) is 1. The predicted octanol–water partition coefficient (Wildman–Crippen LogP) is 3.93. The van der Waals surface area contributed by atoms with Crippen molar-refractivity contribution in [2.24, 2.45) is 0 Å². The molecule has 114 valence electrons. The van der Waals surface area contributed by atoms with Crippen LogP contribution >= 0.6 is 0 Å². The van der Waals surface area contributed by atoms with E-state index in [0.29, 0.717) is 0 Å². The molecular formula is C20H23NO. The summed E-state index contributed by atoms with van der Waals surface area (Å²) in [5, 5.41) is 3.12. The van der Waals surface area contributed by atoms with Crippen LogP contribution in [-0.4, -0.2) is 11.9 Å². The van der Waals surface area contributed by atoms with Gasteiger partial charge in [0.05, 0.1) is 0 Å². The van der Waals surface area contributed by atoms with E-state index in [4.69, 9.17) is 0 Å². The second-order valence-corrected chi connectivity index (χ2v) is 6.24. The van der Waals surface area contributed by atoms with E-state index < -0.39 is 0 Å². The van der Waals surface area contributed by atoms with E-state index in [1.807, 2.05) is 12.1 Å². The number of fused-ring (bicyclic) bond motifs is 1. The highest BCUT2D eigenvalue weighted by molar-refractivity contribution is 5.94. The first-order chi connectivity index (χ1) is 10.7. The lowest BCUT2D eigenvalue weighted by Crippen LogP contribution is -2.32. The molecular weight excluding hydrogens is 270 g/mol. The van der Waals surface area contributed by atoms with Gasteiger partial charge in [-0.1, -0.05) is 36.4 Å². The largest absolute Gasteiger partial charge is 0.350 e. The average Bonchev–Trinajstić information content (AvgIpc) is 3.01. The van der Waals surface area contributed by atoms with Gasteiger partial charge in [-0.05, 0) is 67.9 Å². The van der Waals surface area contributed by atoms with Crippen LogP contribution in [-0.2, 0) is 19.3 Å². The number of aryl methyl sites for hydroxylation is 3. The predicted molar refractivity (Wildman–Crippen MR) is 90.2 cm³/mol. The standard InChI is InChI=1S/C20H23NO/c1-15(10-11-16-6-3-2-4-7-16)21-20(22)19-13-12-17-8-5-9-18(17)14-19/h2-4,6-7,12-15H,5,8-11H2,1H3,(H,21,22). The van der Waals surface area contributed by atoms with E-state index in [1.54, 1.807) is 0 Å². The molecule has 0 fully saturated rings. The van der Waals surface area contributed by atoms with Crippen LogP contribution in [0.1, 0.15) is 46.8 Å². The fourth-order valence-corrected chi connectivity index (χ4v) is 3.12. The quantitative estimate of drug-likeness (QED) is 0.889. The molecule has 1 amide bonds. The van der Waals surface area contributed by atoms with E-state index in [-0.39, 0.29) is 11.9 Å². The molecule has 0 spiro atoms. The molecule has 2 nitrogen and oxygen atoms in total. The van der Waals surface area contributed by atoms with E-state index in [1.165, 1.54) is 23.1 Å². The first kappa shape index (κ1) is 14.8. The Morgan fingerprint density at radius 1 is 1.09 bits per heavy atom. The topological polar surface area (TPSA) is 29.1 Å². The molecule has 0 radical (unpaired) electrons. The normalized spacial score (nSPS) is 14.4. The number of rotatable bonds is 5. The molecule has 0 saturated heterocycles. The van der Waals surface area contributed by atoms with Gasteiger partial charge in [-0.3, -0.25) is 4.79 Å². The van der Waals surface area contributed by atoms with E-state index in [2.05, 4.69) is 48.6 Å². The average molecular weight is 293 g/mol. The Morgan fingerprint density at radius 3 is 2.68 bits per heavy atom. The van der Waals surface area contributed by atoms with Crippen LogP contribution in [0.2, 0.25) is 0 Å². The fraction of sp³-hybridized carbons (Fsp3) is 0.350. The van der Waals surface area contributed by atoms with Gasteiger partial charge in [0.15, 0.2) is 0 Å². The Balaban J connectivity index is 1.55. The summed E-state index contributed by atoms with van der Waals surface area (Å²) < 4.78 is 0. The molecule has 3 rings (SSSR count). The van der Waals surface area contributed by atoms with Gasteiger partial charge in [0.2, 0.25) is 0 Å². The lowest BCUT2D eigenvalue weighted by molar-refractivity contribution is 0.0938. The first-order valence-corrected chi connectivity index (χ1v) is 8.19. The SMILES string of the molecule is CC(CCc1ccccc1)NC(=O)c1ccc2c(c1)CCC2. The minimum absolute atomic E-state index is 0.0512. The van der Waals surface area contributed by atoms with Crippen LogP contribution in [0.4, 0.5) is 0 Å². The van der Waals surface area contributed by atoms with E-state index in [0.717, 1.165) is 31.2 Å². The summed E-state index contributed by atoms with van der Waals surface area (Å²) in [5.74, 6) is 0.0512. The lowest BCUT2D eigenvalue weighted by Gasteiger charge is -2.14. The highest BCUT2D eigenvalue weighted by Gasteiger charge is 2.15. The summed E-state index contributed by atoms with van der Waals surface area (Å²) in [7, 11) is 0. The van der Waals surface area contributed by atoms with Crippen LogP contribution in [0.15, 0.2) is 48.5 Å². The molecule has 1 atom stereocenters. The number of carbonyl (C=O) groups excluding carboxylic acids is 1. The molecule has 2 heteroatoms.